The maximum Gasteiger partial charge on any atom is 0.235 e. The third kappa shape index (κ3) is 1.32. The lowest BCUT2D eigenvalue weighted by molar-refractivity contribution is 0.562. The van der Waals surface area contributed by atoms with Gasteiger partial charge in [0.2, 0.25) is 6.08 Å². The van der Waals surface area contributed by atoms with Gasteiger partial charge in [0.05, 0.1) is 17.8 Å². The number of nitrogens with zero attached hydrogens (tertiary/aromatic N) is 3. The zero-order valence-corrected chi connectivity index (χ0v) is 7.77. The standard InChI is InChI=1S/C10H9N3O/c1-13-10-5-3-2-4-8(10)9(12-13)6-11-7-14/h2-5H,6H2,1H3. The van der Waals surface area contributed by atoms with Crippen LogP contribution in [0.2, 0.25) is 0 Å². The van der Waals surface area contributed by atoms with Crippen LogP contribution in [0, 0.1) is 0 Å². The van der Waals surface area contributed by atoms with E-state index in [1.165, 1.54) is 6.08 Å². The minimum absolute atomic E-state index is 0.296. The van der Waals surface area contributed by atoms with Gasteiger partial charge in [-0.1, -0.05) is 18.2 Å². The number of aromatic nitrogens is 2. The number of carbonyl (C=O) groups excluding carboxylic acids is 1. The van der Waals surface area contributed by atoms with E-state index >= 15 is 0 Å². The molecule has 0 unspecified atom stereocenters. The number of hydrogen-bond donors (Lipinski definition) is 0. The van der Waals surface area contributed by atoms with Crippen LogP contribution in [0.4, 0.5) is 0 Å². The molecule has 0 fully saturated rings. The van der Waals surface area contributed by atoms with Gasteiger partial charge < -0.3 is 0 Å². The van der Waals surface area contributed by atoms with Crippen molar-refractivity contribution in [1.82, 2.24) is 9.78 Å². The first-order valence-electron chi connectivity index (χ1n) is 4.27. The maximum absolute atomic E-state index is 9.99. The summed E-state index contributed by atoms with van der Waals surface area (Å²) in [5.74, 6) is 0. The van der Waals surface area contributed by atoms with Crippen LogP contribution in [0.25, 0.3) is 10.9 Å². The number of hydrogen-bond acceptors (Lipinski definition) is 3. The van der Waals surface area contributed by atoms with Crippen LogP contribution in [0.15, 0.2) is 29.3 Å². The van der Waals surface area contributed by atoms with E-state index in [4.69, 9.17) is 0 Å². The van der Waals surface area contributed by atoms with E-state index in [-0.39, 0.29) is 0 Å². The van der Waals surface area contributed by atoms with Crippen molar-refractivity contribution in [3.63, 3.8) is 0 Å². The van der Waals surface area contributed by atoms with Crippen molar-refractivity contribution >= 4 is 17.0 Å². The number of isocyanates is 1. The van der Waals surface area contributed by atoms with Crippen LogP contribution in [0.3, 0.4) is 0 Å². The molecule has 0 bridgehead atoms. The predicted octanol–water partition coefficient (Wildman–Crippen LogP) is 1.41. The Morgan fingerprint density at radius 1 is 1.50 bits per heavy atom. The Hall–Kier alpha value is -1.93. The molecule has 14 heavy (non-hydrogen) atoms. The molecule has 0 aliphatic heterocycles. The molecule has 0 aliphatic rings. The fraction of sp³-hybridized carbons (Fsp3) is 0.200. The average molecular weight is 187 g/mol. The van der Waals surface area contributed by atoms with Crippen LogP contribution >= 0.6 is 0 Å². The number of benzene rings is 1. The molecular weight excluding hydrogens is 178 g/mol. The molecule has 70 valence electrons. The SMILES string of the molecule is Cn1nc(CN=C=O)c2ccccc21. The summed E-state index contributed by atoms with van der Waals surface area (Å²) in [6, 6.07) is 7.85. The summed E-state index contributed by atoms with van der Waals surface area (Å²) in [5.41, 5.74) is 1.86. The van der Waals surface area contributed by atoms with E-state index < -0.39 is 0 Å². The largest absolute Gasteiger partial charge is 0.268 e. The number of aliphatic imine (C=N–C) groups is 1. The lowest BCUT2D eigenvalue weighted by Gasteiger charge is -1.90. The number of rotatable bonds is 2. The zero-order valence-electron chi connectivity index (χ0n) is 7.77. The Morgan fingerprint density at radius 3 is 3.07 bits per heavy atom. The van der Waals surface area contributed by atoms with E-state index in [1.807, 2.05) is 31.3 Å². The second kappa shape index (κ2) is 3.44. The second-order valence-electron chi connectivity index (χ2n) is 2.99. The molecule has 0 saturated carbocycles. The van der Waals surface area contributed by atoms with E-state index in [0.717, 1.165) is 16.6 Å². The van der Waals surface area contributed by atoms with Crippen molar-refractivity contribution < 1.29 is 4.79 Å². The average Bonchev–Trinajstić information content (AvgIpc) is 2.54. The van der Waals surface area contributed by atoms with Gasteiger partial charge in [-0.15, -0.1) is 0 Å². The van der Waals surface area contributed by atoms with Crippen LogP contribution in [0.1, 0.15) is 5.69 Å². The van der Waals surface area contributed by atoms with Crippen molar-refractivity contribution in [2.24, 2.45) is 12.0 Å². The molecule has 2 aromatic rings. The molecule has 0 spiro atoms. The van der Waals surface area contributed by atoms with Gasteiger partial charge in [-0.05, 0) is 6.07 Å². The van der Waals surface area contributed by atoms with E-state index in [9.17, 15) is 4.79 Å². The monoisotopic (exact) mass is 187 g/mol. The summed E-state index contributed by atoms with van der Waals surface area (Å²) in [6.07, 6.45) is 1.52. The van der Waals surface area contributed by atoms with Gasteiger partial charge in [-0.3, -0.25) is 4.68 Å². The van der Waals surface area contributed by atoms with Crippen molar-refractivity contribution in [2.75, 3.05) is 0 Å². The molecule has 0 radical (unpaired) electrons. The van der Waals surface area contributed by atoms with Crippen LogP contribution in [-0.2, 0) is 18.4 Å². The first-order chi connectivity index (χ1) is 6.83. The maximum atomic E-state index is 9.99. The molecule has 4 nitrogen and oxygen atoms in total. The molecule has 0 saturated heterocycles. The molecule has 0 amide bonds. The second-order valence-corrected chi connectivity index (χ2v) is 2.99. The molecule has 4 heteroatoms. The first kappa shape index (κ1) is 8.66. The number of para-hydroxylation sites is 1. The smallest absolute Gasteiger partial charge is 0.235 e. The molecule has 0 aliphatic carbocycles. The molecule has 2 rings (SSSR count). The third-order valence-electron chi connectivity index (χ3n) is 2.13. The van der Waals surface area contributed by atoms with Gasteiger partial charge in [0, 0.05) is 12.4 Å². The quantitative estimate of drug-likeness (QED) is 0.527. The van der Waals surface area contributed by atoms with Gasteiger partial charge in [0.25, 0.3) is 0 Å². The van der Waals surface area contributed by atoms with E-state index in [0.29, 0.717) is 6.54 Å². The highest BCUT2D eigenvalue weighted by Crippen LogP contribution is 2.17. The lowest BCUT2D eigenvalue weighted by Crippen LogP contribution is -1.90. The fourth-order valence-electron chi connectivity index (χ4n) is 1.51. The third-order valence-corrected chi connectivity index (χ3v) is 2.13. The van der Waals surface area contributed by atoms with Crippen LogP contribution < -0.4 is 0 Å². The van der Waals surface area contributed by atoms with Gasteiger partial charge in [0.1, 0.15) is 0 Å². The molecule has 1 aromatic heterocycles. The minimum Gasteiger partial charge on any atom is -0.268 e. The molecule has 0 N–H and O–H groups in total. The van der Waals surface area contributed by atoms with Gasteiger partial charge in [0.15, 0.2) is 0 Å². The highest BCUT2D eigenvalue weighted by molar-refractivity contribution is 5.81. The summed E-state index contributed by atoms with van der Waals surface area (Å²) >= 11 is 0. The minimum atomic E-state index is 0.296. The number of aryl methyl sites for hydroxylation is 1. The Labute approximate surface area is 80.9 Å². The molecule has 1 heterocycles. The van der Waals surface area contributed by atoms with Crippen molar-refractivity contribution in [3.05, 3.63) is 30.0 Å². The topological polar surface area (TPSA) is 47.2 Å². The van der Waals surface area contributed by atoms with Crippen LogP contribution in [0.5, 0.6) is 0 Å². The van der Waals surface area contributed by atoms with E-state index in [2.05, 4.69) is 10.1 Å². The van der Waals surface area contributed by atoms with Gasteiger partial charge in [-0.2, -0.15) is 10.1 Å². The molecule has 1 aromatic carbocycles. The van der Waals surface area contributed by atoms with Gasteiger partial charge in [-0.25, -0.2) is 4.79 Å². The molecular formula is C10H9N3O. The van der Waals surface area contributed by atoms with Crippen molar-refractivity contribution in [3.8, 4) is 0 Å². The van der Waals surface area contributed by atoms with Gasteiger partial charge >= 0.3 is 0 Å². The Morgan fingerprint density at radius 2 is 2.29 bits per heavy atom. The van der Waals surface area contributed by atoms with Crippen molar-refractivity contribution in [2.45, 2.75) is 6.54 Å². The summed E-state index contributed by atoms with van der Waals surface area (Å²) in [4.78, 5) is 13.5. The zero-order chi connectivity index (χ0) is 9.97. The highest BCUT2D eigenvalue weighted by atomic mass is 16.1. The summed E-state index contributed by atoms with van der Waals surface area (Å²) in [7, 11) is 1.87. The highest BCUT2D eigenvalue weighted by Gasteiger charge is 2.05. The summed E-state index contributed by atoms with van der Waals surface area (Å²) in [6.45, 7) is 0.296. The van der Waals surface area contributed by atoms with E-state index in [1.54, 1.807) is 4.68 Å². The fourth-order valence-corrected chi connectivity index (χ4v) is 1.51. The summed E-state index contributed by atoms with van der Waals surface area (Å²) in [5, 5.41) is 5.31. The lowest BCUT2D eigenvalue weighted by atomic mass is 10.2. The van der Waals surface area contributed by atoms with Crippen molar-refractivity contribution in [1.29, 1.82) is 0 Å². The summed E-state index contributed by atoms with van der Waals surface area (Å²) < 4.78 is 1.78. The first-order valence-corrected chi connectivity index (χ1v) is 4.27. The molecule has 0 atom stereocenters. The van der Waals surface area contributed by atoms with Crippen LogP contribution in [-0.4, -0.2) is 15.9 Å². The Kier molecular flexibility index (Phi) is 2.13. The predicted molar refractivity (Wildman–Crippen MR) is 52.5 cm³/mol. The Balaban J connectivity index is 2.60. The Bertz CT molecular complexity index is 509. The number of fused-ring (bicyclic) bond motifs is 1. The normalized spacial score (nSPS) is 10.1.